The van der Waals surface area contributed by atoms with Gasteiger partial charge < -0.3 is 10.4 Å². The number of carboxylic acids is 1. The molecule has 0 spiro atoms. The molecule has 0 aliphatic heterocycles. The van der Waals surface area contributed by atoms with Gasteiger partial charge >= 0.3 is 5.97 Å². The fourth-order valence-electron chi connectivity index (χ4n) is 1.13. The zero-order valence-corrected chi connectivity index (χ0v) is 9.85. The fourth-order valence-corrected chi connectivity index (χ4v) is 2.01. The number of anilines is 2. The second kappa shape index (κ2) is 4.68. The third kappa shape index (κ3) is 2.72. The number of nitrogens with one attached hydrogen (secondary N) is 1. The van der Waals surface area contributed by atoms with Crippen LogP contribution in [0.1, 0.15) is 10.5 Å². The lowest BCUT2D eigenvalue weighted by Gasteiger charge is -2.02. The van der Waals surface area contributed by atoms with Gasteiger partial charge in [0.05, 0.1) is 5.02 Å². The summed E-state index contributed by atoms with van der Waals surface area (Å²) in [6.45, 7) is 0. The van der Waals surface area contributed by atoms with Crippen LogP contribution in [0.5, 0.6) is 0 Å². The van der Waals surface area contributed by atoms with Crippen molar-refractivity contribution in [3.63, 3.8) is 0 Å². The van der Waals surface area contributed by atoms with Crippen LogP contribution in [0.15, 0.2) is 23.6 Å². The lowest BCUT2D eigenvalue weighted by atomic mass is 10.3. The molecule has 88 valence electrons. The Hall–Kier alpha value is -1.66. The number of aromatic nitrogens is 1. The van der Waals surface area contributed by atoms with Gasteiger partial charge in [-0.2, -0.15) is 0 Å². The number of benzene rings is 1. The van der Waals surface area contributed by atoms with Gasteiger partial charge in [0, 0.05) is 11.1 Å². The molecule has 4 nitrogen and oxygen atoms in total. The average Bonchev–Trinajstić information content (AvgIpc) is 2.72. The highest BCUT2D eigenvalue weighted by atomic mass is 35.5. The highest BCUT2D eigenvalue weighted by molar-refractivity contribution is 7.14. The Labute approximate surface area is 105 Å². The van der Waals surface area contributed by atoms with E-state index in [0.717, 1.165) is 11.3 Å². The smallest absolute Gasteiger partial charge is 0.355 e. The zero-order chi connectivity index (χ0) is 12.4. The molecule has 0 saturated carbocycles. The second-order valence-corrected chi connectivity index (χ2v) is 4.36. The normalized spacial score (nSPS) is 10.2. The van der Waals surface area contributed by atoms with Crippen molar-refractivity contribution in [3.8, 4) is 0 Å². The largest absolute Gasteiger partial charge is 0.476 e. The molecule has 17 heavy (non-hydrogen) atoms. The number of rotatable bonds is 3. The molecule has 0 atom stereocenters. The first-order valence-electron chi connectivity index (χ1n) is 4.47. The predicted molar refractivity (Wildman–Crippen MR) is 63.8 cm³/mol. The summed E-state index contributed by atoms with van der Waals surface area (Å²) in [4.78, 5) is 14.4. The molecule has 0 fully saturated rings. The number of hydrogen-bond acceptors (Lipinski definition) is 4. The van der Waals surface area contributed by atoms with Gasteiger partial charge in [-0.25, -0.2) is 14.2 Å². The van der Waals surface area contributed by atoms with Crippen LogP contribution in [0.2, 0.25) is 5.02 Å². The summed E-state index contributed by atoms with van der Waals surface area (Å²) < 4.78 is 12.9. The summed E-state index contributed by atoms with van der Waals surface area (Å²) in [6.07, 6.45) is 0. The number of hydrogen-bond donors (Lipinski definition) is 2. The van der Waals surface area contributed by atoms with Gasteiger partial charge in [0.2, 0.25) is 0 Å². The first kappa shape index (κ1) is 11.8. The summed E-state index contributed by atoms with van der Waals surface area (Å²) in [5, 5.41) is 13.3. The van der Waals surface area contributed by atoms with Gasteiger partial charge in [-0.1, -0.05) is 11.6 Å². The first-order chi connectivity index (χ1) is 8.06. The number of thiazole rings is 1. The minimum absolute atomic E-state index is 0.00925. The lowest BCUT2D eigenvalue weighted by molar-refractivity contribution is 0.0691. The number of carboxylic acid groups (broad SMARTS) is 1. The molecule has 0 aliphatic rings. The topological polar surface area (TPSA) is 62.2 Å². The summed E-state index contributed by atoms with van der Waals surface area (Å²) in [7, 11) is 0. The van der Waals surface area contributed by atoms with Gasteiger partial charge in [-0.3, -0.25) is 0 Å². The Morgan fingerprint density at radius 3 is 2.88 bits per heavy atom. The van der Waals surface area contributed by atoms with Crippen LogP contribution in [0, 0.1) is 5.82 Å². The second-order valence-electron chi connectivity index (χ2n) is 3.10. The summed E-state index contributed by atoms with van der Waals surface area (Å²) >= 11 is 6.75. The van der Waals surface area contributed by atoms with Crippen LogP contribution >= 0.6 is 22.9 Å². The van der Waals surface area contributed by atoms with Crippen molar-refractivity contribution in [2.45, 2.75) is 0 Å². The molecule has 0 amide bonds. The van der Waals surface area contributed by atoms with Gasteiger partial charge in [-0.05, 0) is 18.2 Å². The van der Waals surface area contributed by atoms with E-state index < -0.39 is 11.8 Å². The molecule has 0 saturated heterocycles. The Morgan fingerprint density at radius 1 is 1.53 bits per heavy atom. The molecule has 0 bridgehead atoms. The molecule has 0 aliphatic carbocycles. The van der Waals surface area contributed by atoms with Gasteiger partial charge in [0.25, 0.3) is 0 Å². The van der Waals surface area contributed by atoms with E-state index in [-0.39, 0.29) is 10.7 Å². The maximum Gasteiger partial charge on any atom is 0.355 e. The minimum Gasteiger partial charge on any atom is -0.476 e. The molecule has 0 unspecified atom stereocenters. The van der Waals surface area contributed by atoms with Crippen molar-refractivity contribution >= 4 is 39.7 Å². The third-order valence-corrected chi connectivity index (χ3v) is 2.94. The molecule has 2 aromatic rings. The van der Waals surface area contributed by atoms with Crippen LogP contribution in [-0.2, 0) is 0 Å². The van der Waals surface area contributed by atoms with E-state index in [0.29, 0.717) is 10.8 Å². The summed E-state index contributed by atoms with van der Waals surface area (Å²) in [5.74, 6) is -1.60. The highest BCUT2D eigenvalue weighted by Gasteiger charge is 2.09. The van der Waals surface area contributed by atoms with Crippen molar-refractivity contribution in [1.82, 2.24) is 4.98 Å². The number of carbonyl (C=O) groups is 1. The number of halogens is 2. The summed E-state index contributed by atoms with van der Waals surface area (Å²) in [6, 6.07) is 4.11. The maximum atomic E-state index is 12.9. The van der Waals surface area contributed by atoms with E-state index in [2.05, 4.69) is 10.3 Å². The molecule has 2 rings (SSSR count). The van der Waals surface area contributed by atoms with Crippen molar-refractivity contribution in [2.24, 2.45) is 0 Å². The van der Waals surface area contributed by atoms with Crippen LogP contribution in [0.3, 0.4) is 0 Å². The van der Waals surface area contributed by atoms with Crippen LogP contribution in [-0.4, -0.2) is 16.1 Å². The van der Waals surface area contributed by atoms with E-state index >= 15 is 0 Å². The molecule has 1 heterocycles. The fraction of sp³-hybridized carbons (Fsp3) is 0. The van der Waals surface area contributed by atoms with Crippen molar-refractivity contribution in [1.29, 1.82) is 0 Å². The van der Waals surface area contributed by atoms with Gasteiger partial charge in [0.1, 0.15) is 5.82 Å². The first-order valence-corrected chi connectivity index (χ1v) is 5.73. The van der Waals surface area contributed by atoms with E-state index in [4.69, 9.17) is 16.7 Å². The van der Waals surface area contributed by atoms with Gasteiger partial charge in [0.15, 0.2) is 10.8 Å². The van der Waals surface area contributed by atoms with E-state index in [9.17, 15) is 9.18 Å². The zero-order valence-electron chi connectivity index (χ0n) is 8.28. The third-order valence-electron chi connectivity index (χ3n) is 1.89. The monoisotopic (exact) mass is 272 g/mol. The average molecular weight is 273 g/mol. The molecular formula is C10H6ClFN2O2S. The van der Waals surface area contributed by atoms with Crippen molar-refractivity contribution in [3.05, 3.63) is 40.1 Å². The Morgan fingerprint density at radius 2 is 2.29 bits per heavy atom. The van der Waals surface area contributed by atoms with Crippen LogP contribution in [0.4, 0.5) is 15.2 Å². The van der Waals surface area contributed by atoms with Crippen molar-refractivity contribution in [2.75, 3.05) is 5.32 Å². The van der Waals surface area contributed by atoms with E-state index in [1.165, 1.54) is 23.6 Å². The van der Waals surface area contributed by atoms with E-state index in [1.807, 2.05) is 0 Å². The SMILES string of the molecule is O=C(O)c1csc(Nc2ccc(F)c(Cl)c2)n1. The number of nitrogens with zero attached hydrogens (tertiary/aromatic N) is 1. The lowest BCUT2D eigenvalue weighted by Crippen LogP contribution is -1.97. The Bertz CT molecular complexity index is 573. The Kier molecular flexibility index (Phi) is 3.26. The number of aromatic carboxylic acids is 1. The molecule has 7 heteroatoms. The van der Waals surface area contributed by atoms with Crippen molar-refractivity contribution < 1.29 is 14.3 Å². The molecule has 2 N–H and O–H groups in total. The van der Waals surface area contributed by atoms with E-state index in [1.54, 1.807) is 0 Å². The van der Waals surface area contributed by atoms with Gasteiger partial charge in [-0.15, -0.1) is 11.3 Å². The molecular weight excluding hydrogens is 267 g/mol. The van der Waals surface area contributed by atoms with Crippen LogP contribution in [0.25, 0.3) is 0 Å². The molecule has 1 aromatic heterocycles. The Balaban J connectivity index is 2.19. The standard InChI is InChI=1S/C10H6ClFN2O2S/c11-6-3-5(1-2-7(6)12)13-10-14-8(4-17-10)9(15)16/h1-4H,(H,13,14)(H,15,16). The molecule has 0 radical (unpaired) electrons. The quantitative estimate of drug-likeness (QED) is 0.899. The summed E-state index contributed by atoms with van der Waals surface area (Å²) in [5.41, 5.74) is 0.508. The predicted octanol–water partition coefficient (Wildman–Crippen LogP) is 3.38. The minimum atomic E-state index is -1.09. The molecule has 1 aromatic carbocycles. The highest BCUT2D eigenvalue weighted by Crippen LogP contribution is 2.24. The maximum absolute atomic E-state index is 12.9. The van der Waals surface area contributed by atoms with Crippen LogP contribution < -0.4 is 5.32 Å².